The van der Waals surface area contributed by atoms with E-state index in [1.807, 2.05) is 24.3 Å². The quantitative estimate of drug-likeness (QED) is 0.660. The van der Waals surface area contributed by atoms with Gasteiger partial charge in [-0.3, -0.25) is 5.43 Å². The van der Waals surface area contributed by atoms with Crippen LogP contribution >= 0.6 is 0 Å². The minimum Gasteiger partial charge on any atom is -0.550 e. The number of nitrogens with one attached hydrogen (secondary N) is 2. The van der Waals surface area contributed by atoms with E-state index in [1.165, 1.54) is 0 Å². The molecule has 14 heavy (non-hydrogen) atoms. The summed E-state index contributed by atoms with van der Waals surface area (Å²) >= 11 is 0. The van der Waals surface area contributed by atoms with Crippen molar-refractivity contribution < 1.29 is 9.90 Å². The lowest BCUT2D eigenvalue weighted by Gasteiger charge is -2.27. The van der Waals surface area contributed by atoms with Gasteiger partial charge in [-0.25, -0.2) is 5.43 Å². The number of carboxylic acid groups (broad SMARTS) is 1. The Morgan fingerprint density at radius 1 is 1.50 bits per heavy atom. The highest BCUT2D eigenvalue weighted by Gasteiger charge is 2.18. The molecule has 0 fully saturated rings. The zero-order valence-electron chi connectivity index (χ0n) is 7.62. The molecule has 2 rings (SSSR count). The van der Waals surface area contributed by atoms with E-state index in [-0.39, 0.29) is 12.5 Å². The molecule has 0 aromatic heterocycles. The normalized spacial score (nSPS) is 20.1. The van der Waals surface area contributed by atoms with E-state index in [9.17, 15) is 9.90 Å². The molecule has 4 heteroatoms. The van der Waals surface area contributed by atoms with Gasteiger partial charge in [-0.05, 0) is 11.1 Å². The molecule has 1 aliphatic heterocycles. The van der Waals surface area contributed by atoms with Gasteiger partial charge >= 0.3 is 0 Å². The summed E-state index contributed by atoms with van der Waals surface area (Å²) in [6, 6.07) is 7.60. The Labute approximate surface area is 81.9 Å². The Kier molecular flexibility index (Phi) is 2.47. The molecule has 74 valence electrons. The first kappa shape index (κ1) is 9.18. The van der Waals surface area contributed by atoms with Crippen molar-refractivity contribution in [1.82, 2.24) is 10.9 Å². The first-order chi connectivity index (χ1) is 6.77. The van der Waals surface area contributed by atoms with Crippen LogP contribution < -0.4 is 16.0 Å². The van der Waals surface area contributed by atoms with E-state index in [4.69, 9.17) is 0 Å². The predicted molar refractivity (Wildman–Crippen MR) is 48.8 cm³/mol. The van der Waals surface area contributed by atoms with Gasteiger partial charge in [-0.1, -0.05) is 24.3 Å². The first-order valence-corrected chi connectivity index (χ1v) is 4.53. The smallest absolute Gasteiger partial charge is 0.0517 e. The van der Waals surface area contributed by atoms with Crippen LogP contribution in [0, 0.1) is 0 Å². The third-order valence-corrected chi connectivity index (χ3v) is 2.36. The number of hydrazine groups is 1. The molecule has 0 spiro atoms. The lowest BCUT2D eigenvalue weighted by molar-refractivity contribution is -0.306. The monoisotopic (exact) mass is 191 g/mol. The van der Waals surface area contributed by atoms with Gasteiger partial charge < -0.3 is 9.90 Å². The molecule has 1 heterocycles. The van der Waals surface area contributed by atoms with Gasteiger partial charge in [0.2, 0.25) is 0 Å². The Morgan fingerprint density at radius 3 is 3.07 bits per heavy atom. The van der Waals surface area contributed by atoms with E-state index in [0.717, 1.165) is 17.7 Å². The summed E-state index contributed by atoms with van der Waals surface area (Å²) in [5.74, 6) is -1.04. The van der Waals surface area contributed by atoms with Crippen molar-refractivity contribution >= 4 is 5.97 Å². The molecule has 0 saturated carbocycles. The maximum absolute atomic E-state index is 10.5. The van der Waals surface area contributed by atoms with Crippen LogP contribution in [0.5, 0.6) is 0 Å². The van der Waals surface area contributed by atoms with Gasteiger partial charge in [0.25, 0.3) is 0 Å². The van der Waals surface area contributed by atoms with Crippen LogP contribution in [0.2, 0.25) is 0 Å². The Balaban J connectivity index is 2.26. The van der Waals surface area contributed by atoms with Crippen molar-refractivity contribution in [2.75, 3.05) is 0 Å². The van der Waals surface area contributed by atoms with Crippen molar-refractivity contribution in [3.63, 3.8) is 0 Å². The number of carbonyl (C=O) groups is 1. The van der Waals surface area contributed by atoms with Crippen molar-refractivity contribution in [3.05, 3.63) is 35.4 Å². The molecular formula is C10H11N2O2-. The number of hydrogen-bond acceptors (Lipinski definition) is 4. The number of benzene rings is 1. The third-order valence-electron chi connectivity index (χ3n) is 2.36. The summed E-state index contributed by atoms with van der Waals surface area (Å²) in [6.45, 7) is 0.722. The lowest BCUT2D eigenvalue weighted by atomic mass is 9.97. The number of hydrogen-bond donors (Lipinski definition) is 2. The molecule has 1 aromatic carbocycles. The second-order valence-electron chi connectivity index (χ2n) is 3.33. The fourth-order valence-corrected chi connectivity index (χ4v) is 1.71. The topological polar surface area (TPSA) is 64.2 Å². The van der Waals surface area contributed by atoms with Gasteiger partial charge in [-0.2, -0.15) is 0 Å². The Morgan fingerprint density at radius 2 is 2.29 bits per heavy atom. The van der Waals surface area contributed by atoms with E-state index in [0.29, 0.717) is 0 Å². The number of carboxylic acids is 1. The van der Waals surface area contributed by atoms with E-state index < -0.39 is 5.97 Å². The van der Waals surface area contributed by atoms with Crippen LogP contribution in [0.25, 0.3) is 0 Å². The minimum absolute atomic E-state index is 0.00991. The zero-order valence-corrected chi connectivity index (χ0v) is 7.62. The van der Waals surface area contributed by atoms with Gasteiger partial charge in [0.1, 0.15) is 0 Å². The molecule has 1 atom stereocenters. The molecule has 0 aliphatic carbocycles. The van der Waals surface area contributed by atoms with Crippen LogP contribution in [-0.4, -0.2) is 5.97 Å². The molecule has 2 N–H and O–H groups in total. The van der Waals surface area contributed by atoms with Crippen LogP contribution in [-0.2, 0) is 11.3 Å². The van der Waals surface area contributed by atoms with Crippen molar-refractivity contribution in [2.24, 2.45) is 0 Å². The lowest BCUT2D eigenvalue weighted by Crippen LogP contribution is -2.42. The number of fused-ring (bicyclic) bond motifs is 1. The molecule has 4 nitrogen and oxygen atoms in total. The summed E-state index contributed by atoms with van der Waals surface area (Å²) in [6.07, 6.45) is -0.00991. The second kappa shape index (κ2) is 3.77. The molecular weight excluding hydrogens is 180 g/mol. The maximum atomic E-state index is 10.5. The van der Waals surface area contributed by atoms with Gasteiger partial charge in [0.05, 0.1) is 6.04 Å². The molecule has 1 aliphatic rings. The van der Waals surface area contributed by atoms with Crippen LogP contribution in [0.15, 0.2) is 24.3 Å². The SMILES string of the molecule is O=C([O-])CC1NNCc2ccccc21. The highest BCUT2D eigenvalue weighted by atomic mass is 16.4. The number of carbonyl (C=O) groups excluding carboxylic acids is 1. The molecule has 1 aromatic rings. The maximum Gasteiger partial charge on any atom is 0.0517 e. The average Bonchev–Trinajstić information content (AvgIpc) is 2.18. The third kappa shape index (κ3) is 1.76. The molecule has 0 amide bonds. The first-order valence-electron chi connectivity index (χ1n) is 4.53. The van der Waals surface area contributed by atoms with Crippen LogP contribution in [0.3, 0.4) is 0 Å². The molecule has 0 bridgehead atoms. The number of rotatable bonds is 2. The molecule has 1 unspecified atom stereocenters. The summed E-state index contributed by atoms with van der Waals surface area (Å²) in [5.41, 5.74) is 8.07. The number of aliphatic carboxylic acids is 1. The Hall–Kier alpha value is -1.39. The predicted octanol–water partition coefficient (Wildman–Crippen LogP) is -0.524. The van der Waals surface area contributed by atoms with Crippen LogP contribution in [0.4, 0.5) is 0 Å². The van der Waals surface area contributed by atoms with Crippen molar-refractivity contribution in [2.45, 2.75) is 19.0 Å². The minimum atomic E-state index is -1.04. The van der Waals surface area contributed by atoms with Gasteiger partial charge in [-0.15, -0.1) is 0 Å². The van der Waals surface area contributed by atoms with E-state index >= 15 is 0 Å². The highest BCUT2D eigenvalue weighted by molar-refractivity contribution is 5.65. The van der Waals surface area contributed by atoms with E-state index in [1.54, 1.807) is 0 Å². The summed E-state index contributed by atoms with van der Waals surface area (Å²) in [7, 11) is 0. The summed E-state index contributed by atoms with van der Waals surface area (Å²) in [4.78, 5) is 10.5. The van der Waals surface area contributed by atoms with E-state index in [2.05, 4.69) is 10.9 Å². The fraction of sp³-hybridized carbons (Fsp3) is 0.300. The van der Waals surface area contributed by atoms with Gasteiger partial charge in [0, 0.05) is 18.9 Å². The largest absolute Gasteiger partial charge is 0.550 e. The zero-order chi connectivity index (χ0) is 9.97. The van der Waals surface area contributed by atoms with Crippen molar-refractivity contribution in [1.29, 1.82) is 0 Å². The van der Waals surface area contributed by atoms with Crippen molar-refractivity contribution in [3.8, 4) is 0 Å². The fourth-order valence-electron chi connectivity index (χ4n) is 1.71. The van der Waals surface area contributed by atoms with Gasteiger partial charge in [0.15, 0.2) is 0 Å². The molecule has 0 radical (unpaired) electrons. The second-order valence-corrected chi connectivity index (χ2v) is 3.33. The summed E-state index contributed by atoms with van der Waals surface area (Å²) < 4.78 is 0. The standard InChI is InChI=1S/C10H12N2O2/c13-10(14)5-9-8-4-2-1-3-7(8)6-11-12-9/h1-4,9,11-12H,5-6H2,(H,13,14)/p-1. The average molecular weight is 191 g/mol. The Bertz CT molecular complexity index is 352. The molecule has 0 saturated heterocycles. The summed E-state index contributed by atoms with van der Waals surface area (Å²) in [5, 5.41) is 10.5. The highest BCUT2D eigenvalue weighted by Crippen LogP contribution is 2.22. The van der Waals surface area contributed by atoms with Crippen LogP contribution in [0.1, 0.15) is 23.6 Å².